The van der Waals surface area contributed by atoms with Crippen LogP contribution >= 0.6 is 0 Å². The molecule has 0 bridgehead atoms. The van der Waals surface area contributed by atoms with Crippen LogP contribution in [0.15, 0.2) is 54.0 Å². The molecule has 1 N–H and O–H groups in total. The summed E-state index contributed by atoms with van der Waals surface area (Å²) < 4.78 is 36.5. The zero-order valence-electron chi connectivity index (χ0n) is 19.1. The topological polar surface area (TPSA) is 66.0 Å². The number of rotatable bonds is 7. The van der Waals surface area contributed by atoms with E-state index in [1.54, 1.807) is 18.2 Å². The molecule has 0 aromatic heterocycles. The average molecular weight is 441 g/mol. The second kappa shape index (κ2) is 9.75. The highest BCUT2D eigenvalue weighted by Crippen LogP contribution is 2.38. The SMILES string of the molecule is COc1cc(C=C(CNC(=O)OCc2ccccc2)B2OC(C)(C)C(C)(C)O2)ccc1F. The fourth-order valence-corrected chi connectivity index (χ4v) is 3.13. The van der Waals surface area contributed by atoms with Gasteiger partial charge in [0.25, 0.3) is 0 Å². The zero-order chi connectivity index (χ0) is 23.4. The third-order valence-electron chi connectivity index (χ3n) is 5.73. The molecule has 0 aliphatic carbocycles. The number of amides is 1. The summed E-state index contributed by atoms with van der Waals surface area (Å²) in [7, 11) is 0.719. The van der Waals surface area contributed by atoms with Gasteiger partial charge < -0.3 is 24.1 Å². The maximum Gasteiger partial charge on any atom is 0.492 e. The molecule has 3 rings (SSSR count). The Labute approximate surface area is 188 Å². The van der Waals surface area contributed by atoms with E-state index in [-0.39, 0.29) is 18.9 Å². The van der Waals surface area contributed by atoms with Gasteiger partial charge in [-0.25, -0.2) is 9.18 Å². The van der Waals surface area contributed by atoms with Crippen LogP contribution in [0.5, 0.6) is 5.75 Å². The second-order valence-electron chi connectivity index (χ2n) is 8.62. The molecule has 0 atom stereocenters. The molecule has 0 unspecified atom stereocenters. The van der Waals surface area contributed by atoms with Crippen molar-refractivity contribution >= 4 is 19.3 Å². The van der Waals surface area contributed by atoms with E-state index in [0.29, 0.717) is 11.0 Å². The van der Waals surface area contributed by atoms with Crippen molar-refractivity contribution in [2.24, 2.45) is 0 Å². The number of benzene rings is 2. The van der Waals surface area contributed by atoms with Crippen LogP contribution in [-0.4, -0.2) is 38.1 Å². The maximum atomic E-state index is 13.8. The predicted molar refractivity (Wildman–Crippen MR) is 122 cm³/mol. The molecule has 0 spiro atoms. The van der Waals surface area contributed by atoms with Crippen molar-refractivity contribution in [3.63, 3.8) is 0 Å². The molecule has 8 heteroatoms. The third-order valence-corrected chi connectivity index (χ3v) is 5.73. The first-order chi connectivity index (χ1) is 15.1. The van der Waals surface area contributed by atoms with Gasteiger partial charge in [0.05, 0.1) is 18.3 Å². The highest BCUT2D eigenvalue weighted by molar-refractivity contribution is 6.56. The van der Waals surface area contributed by atoms with Gasteiger partial charge in [0.1, 0.15) is 6.61 Å². The van der Waals surface area contributed by atoms with Gasteiger partial charge in [-0.2, -0.15) is 0 Å². The molecule has 1 amide bonds. The van der Waals surface area contributed by atoms with E-state index in [4.69, 9.17) is 18.8 Å². The molecule has 1 aliphatic heterocycles. The fourth-order valence-electron chi connectivity index (χ4n) is 3.13. The first-order valence-corrected chi connectivity index (χ1v) is 10.5. The molecule has 1 saturated heterocycles. The van der Waals surface area contributed by atoms with Crippen molar-refractivity contribution in [2.45, 2.75) is 45.5 Å². The van der Waals surface area contributed by atoms with Crippen molar-refractivity contribution in [3.8, 4) is 5.75 Å². The number of hydrogen-bond acceptors (Lipinski definition) is 5. The minimum atomic E-state index is -0.689. The first-order valence-electron chi connectivity index (χ1n) is 10.5. The summed E-state index contributed by atoms with van der Waals surface area (Å²) in [4.78, 5) is 12.3. The number of carbonyl (C=O) groups excluding carboxylic acids is 1. The van der Waals surface area contributed by atoms with Gasteiger partial charge in [0, 0.05) is 6.54 Å². The molecule has 170 valence electrons. The van der Waals surface area contributed by atoms with E-state index in [1.807, 2.05) is 58.0 Å². The van der Waals surface area contributed by atoms with Crippen LogP contribution in [-0.2, 0) is 20.7 Å². The lowest BCUT2D eigenvalue weighted by molar-refractivity contribution is 0.00578. The quantitative estimate of drug-likeness (QED) is 0.627. The Kier molecular flexibility index (Phi) is 7.26. The molecule has 2 aromatic carbocycles. The Bertz CT molecular complexity index is 962. The van der Waals surface area contributed by atoms with Gasteiger partial charge in [-0.05, 0) is 56.4 Å². The lowest BCUT2D eigenvalue weighted by Gasteiger charge is -2.32. The predicted octanol–water partition coefficient (Wildman–Crippen LogP) is 4.78. The maximum absolute atomic E-state index is 13.8. The number of hydrogen-bond donors (Lipinski definition) is 1. The lowest BCUT2D eigenvalue weighted by atomic mass is 9.77. The molecule has 32 heavy (non-hydrogen) atoms. The van der Waals surface area contributed by atoms with Crippen LogP contribution in [0, 0.1) is 5.82 Å². The Morgan fingerprint density at radius 2 is 1.75 bits per heavy atom. The summed E-state index contributed by atoms with van der Waals surface area (Å²) >= 11 is 0. The Hall–Kier alpha value is -2.84. The third kappa shape index (κ3) is 5.69. The van der Waals surface area contributed by atoms with Gasteiger partial charge in [-0.3, -0.25) is 0 Å². The minimum Gasteiger partial charge on any atom is -0.494 e. The number of alkyl carbamates (subject to hydrolysis) is 1. The monoisotopic (exact) mass is 441 g/mol. The number of ether oxygens (including phenoxy) is 2. The van der Waals surface area contributed by atoms with Crippen molar-refractivity contribution in [1.82, 2.24) is 5.32 Å². The molecule has 0 saturated carbocycles. The van der Waals surface area contributed by atoms with Gasteiger partial charge in [-0.1, -0.05) is 42.5 Å². The van der Waals surface area contributed by atoms with Gasteiger partial charge in [0.2, 0.25) is 0 Å². The Morgan fingerprint density at radius 1 is 1.09 bits per heavy atom. The van der Waals surface area contributed by atoms with E-state index in [0.717, 1.165) is 5.56 Å². The molecule has 1 aliphatic rings. The van der Waals surface area contributed by atoms with Crippen molar-refractivity contribution in [2.75, 3.05) is 13.7 Å². The Balaban J connectivity index is 1.76. The molecule has 0 radical (unpaired) electrons. The van der Waals surface area contributed by atoms with Gasteiger partial charge in [-0.15, -0.1) is 0 Å². The van der Waals surface area contributed by atoms with Crippen LogP contribution in [0.2, 0.25) is 0 Å². The second-order valence-corrected chi connectivity index (χ2v) is 8.62. The van der Waals surface area contributed by atoms with Crippen LogP contribution in [0.1, 0.15) is 38.8 Å². The number of nitrogens with one attached hydrogen (secondary N) is 1. The lowest BCUT2D eigenvalue weighted by Crippen LogP contribution is -2.41. The van der Waals surface area contributed by atoms with Crippen molar-refractivity contribution in [1.29, 1.82) is 0 Å². The highest BCUT2D eigenvalue weighted by atomic mass is 19.1. The molecule has 1 fully saturated rings. The summed E-state index contributed by atoms with van der Waals surface area (Å²) in [5, 5.41) is 2.75. The fraction of sp³-hybridized carbons (Fsp3) is 0.375. The Morgan fingerprint density at radius 3 is 2.38 bits per heavy atom. The number of halogens is 1. The van der Waals surface area contributed by atoms with Crippen LogP contribution < -0.4 is 10.1 Å². The highest BCUT2D eigenvalue weighted by Gasteiger charge is 2.52. The summed E-state index contributed by atoms with van der Waals surface area (Å²) in [5.74, 6) is -0.327. The smallest absolute Gasteiger partial charge is 0.492 e. The van der Waals surface area contributed by atoms with E-state index in [1.165, 1.54) is 13.2 Å². The van der Waals surface area contributed by atoms with Crippen LogP contribution in [0.3, 0.4) is 0 Å². The standard InChI is InChI=1S/C24H29BFNO5/c1-23(2)24(3,4)32-25(31-23)19(13-18-11-12-20(26)21(14-18)29-5)15-27-22(28)30-16-17-9-7-6-8-10-17/h6-14H,15-16H2,1-5H3,(H,27,28). The summed E-state index contributed by atoms with van der Waals surface area (Å²) in [6, 6.07) is 13.9. The molecule has 6 nitrogen and oxygen atoms in total. The van der Waals surface area contributed by atoms with Crippen LogP contribution in [0.25, 0.3) is 6.08 Å². The first kappa shape index (κ1) is 23.8. The van der Waals surface area contributed by atoms with E-state index in [2.05, 4.69) is 5.32 Å². The normalized spacial score (nSPS) is 17.2. The summed E-state index contributed by atoms with van der Waals surface area (Å²) in [6.07, 6.45) is 1.23. The largest absolute Gasteiger partial charge is 0.494 e. The van der Waals surface area contributed by atoms with Crippen molar-refractivity contribution < 1.29 is 28.0 Å². The molecular weight excluding hydrogens is 412 g/mol. The van der Waals surface area contributed by atoms with Crippen molar-refractivity contribution in [3.05, 3.63) is 70.9 Å². The summed E-state index contributed by atoms with van der Waals surface area (Å²) in [6.45, 7) is 8.10. The van der Waals surface area contributed by atoms with Gasteiger partial charge in [0.15, 0.2) is 11.6 Å². The van der Waals surface area contributed by atoms with E-state index < -0.39 is 30.2 Å². The van der Waals surface area contributed by atoms with Gasteiger partial charge >= 0.3 is 13.2 Å². The average Bonchev–Trinajstić information content (AvgIpc) is 2.98. The van der Waals surface area contributed by atoms with E-state index >= 15 is 0 Å². The molecule has 1 heterocycles. The van der Waals surface area contributed by atoms with Crippen LogP contribution in [0.4, 0.5) is 9.18 Å². The number of methoxy groups -OCH3 is 1. The minimum absolute atomic E-state index is 0.127. The summed E-state index contributed by atoms with van der Waals surface area (Å²) in [5.41, 5.74) is 1.14. The number of carbonyl (C=O) groups is 1. The molecule has 2 aromatic rings. The molecular formula is C24H29BFNO5. The van der Waals surface area contributed by atoms with E-state index in [9.17, 15) is 9.18 Å². The zero-order valence-corrected chi connectivity index (χ0v) is 19.1.